The Kier molecular flexibility index (Phi) is 5.67. The Morgan fingerprint density at radius 2 is 1.85 bits per heavy atom. The number of nitrogens with one attached hydrogen (secondary N) is 2. The second-order valence-electron chi connectivity index (χ2n) is 3.97. The third-order valence-corrected chi connectivity index (χ3v) is 2.49. The van der Waals surface area contributed by atoms with Crippen molar-refractivity contribution in [3.05, 3.63) is 35.4 Å². The average Bonchev–Trinajstić information content (AvgIpc) is 2.46. The highest BCUT2D eigenvalue weighted by molar-refractivity contribution is 5.98. The number of hydrogen-bond acceptors (Lipinski definition) is 5. The van der Waals surface area contributed by atoms with E-state index in [1.54, 1.807) is 12.1 Å². The van der Waals surface area contributed by atoms with E-state index in [-0.39, 0.29) is 12.2 Å². The third kappa shape index (κ3) is 4.36. The van der Waals surface area contributed by atoms with Gasteiger partial charge in [0.05, 0.1) is 12.2 Å². The Morgan fingerprint density at radius 3 is 2.35 bits per heavy atom. The van der Waals surface area contributed by atoms with Crippen molar-refractivity contribution in [2.24, 2.45) is 0 Å². The Labute approximate surface area is 115 Å². The number of benzene rings is 1. The van der Waals surface area contributed by atoms with E-state index in [9.17, 15) is 14.4 Å². The molecule has 0 spiro atoms. The Bertz CT molecular complexity index is 498. The minimum absolute atomic E-state index is 0.125. The number of rotatable bonds is 4. The predicted octanol–water partition coefficient (Wildman–Crippen LogP) is 0.180. The predicted molar refractivity (Wildman–Crippen MR) is 69.8 cm³/mol. The zero-order valence-corrected chi connectivity index (χ0v) is 11.2. The highest BCUT2D eigenvalue weighted by atomic mass is 16.5. The molecule has 3 N–H and O–H groups in total. The van der Waals surface area contributed by atoms with Gasteiger partial charge in [0.2, 0.25) is 0 Å². The van der Waals surface area contributed by atoms with E-state index in [2.05, 4.69) is 5.32 Å². The molecule has 0 aliphatic carbocycles. The van der Waals surface area contributed by atoms with E-state index in [0.29, 0.717) is 5.56 Å². The fourth-order valence-electron chi connectivity index (χ4n) is 1.30. The lowest BCUT2D eigenvalue weighted by atomic mass is 10.1. The van der Waals surface area contributed by atoms with Gasteiger partial charge >= 0.3 is 12.0 Å². The van der Waals surface area contributed by atoms with Gasteiger partial charge in [-0.25, -0.2) is 9.59 Å². The summed E-state index contributed by atoms with van der Waals surface area (Å²) in [6, 6.07) is 5.44. The quantitative estimate of drug-likeness (QED) is 0.682. The maximum Gasteiger partial charge on any atom is 0.338 e. The number of carbonyl (C=O) groups is 3. The first kappa shape index (κ1) is 15.6. The topological polar surface area (TPSA) is 105 Å². The maximum atomic E-state index is 11.7. The summed E-state index contributed by atoms with van der Waals surface area (Å²) in [7, 11) is 1.36. The van der Waals surface area contributed by atoms with Crippen LogP contribution in [0.3, 0.4) is 0 Å². The molecule has 7 nitrogen and oxygen atoms in total. The first-order chi connectivity index (χ1) is 9.47. The van der Waals surface area contributed by atoms with E-state index in [0.717, 1.165) is 0 Å². The van der Waals surface area contributed by atoms with Crippen LogP contribution in [0.4, 0.5) is 4.79 Å². The summed E-state index contributed by atoms with van der Waals surface area (Å²) in [5.41, 5.74) is 0.911. The lowest BCUT2D eigenvalue weighted by Crippen LogP contribution is -2.43. The highest BCUT2D eigenvalue weighted by Gasteiger charge is 2.20. The first-order valence-electron chi connectivity index (χ1n) is 5.91. The summed E-state index contributed by atoms with van der Waals surface area (Å²) >= 11 is 0. The molecule has 0 saturated heterocycles. The molecule has 1 unspecified atom stereocenters. The molecule has 7 heteroatoms. The van der Waals surface area contributed by atoms with Crippen molar-refractivity contribution in [2.75, 3.05) is 7.05 Å². The molecule has 0 aliphatic rings. The van der Waals surface area contributed by atoms with Crippen molar-refractivity contribution in [3.63, 3.8) is 0 Å². The fourth-order valence-corrected chi connectivity index (χ4v) is 1.30. The van der Waals surface area contributed by atoms with Crippen LogP contribution in [-0.4, -0.2) is 36.2 Å². The number of hydrogen-bond donors (Lipinski definition) is 3. The highest BCUT2D eigenvalue weighted by Crippen LogP contribution is 2.07. The largest absolute Gasteiger partial charge is 0.449 e. The Morgan fingerprint density at radius 1 is 1.25 bits per heavy atom. The molecule has 1 rings (SSSR count). The summed E-state index contributed by atoms with van der Waals surface area (Å²) in [5.74, 6) is -1.40. The molecule has 3 amide bonds. The summed E-state index contributed by atoms with van der Waals surface area (Å²) in [5, 5.41) is 13.1. The Balaban J connectivity index is 2.60. The summed E-state index contributed by atoms with van der Waals surface area (Å²) in [6.45, 7) is 1.23. The molecule has 0 heterocycles. The standard InChI is InChI=1S/C13H16N2O5/c1-8(11(17)15-13(19)14-2)20-12(18)10-5-3-9(7-16)4-6-10/h3-6,8,16H,7H2,1-2H3,(H2,14,15,17,19). The second kappa shape index (κ2) is 7.25. The summed E-state index contributed by atoms with van der Waals surface area (Å²) in [6.07, 6.45) is -1.10. The molecule has 0 aromatic heterocycles. The van der Waals surface area contributed by atoms with E-state index in [1.807, 2.05) is 5.32 Å². The number of esters is 1. The number of aliphatic hydroxyl groups is 1. The van der Waals surface area contributed by atoms with Crippen molar-refractivity contribution in [1.82, 2.24) is 10.6 Å². The van der Waals surface area contributed by atoms with Gasteiger partial charge < -0.3 is 15.2 Å². The van der Waals surface area contributed by atoms with Crippen LogP contribution in [0.5, 0.6) is 0 Å². The normalized spacial score (nSPS) is 11.3. The SMILES string of the molecule is CNC(=O)NC(=O)C(C)OC(=O)c1ccc(CO)cc1. The molecular weight excluding hydrogens is 264 g/mol. The minimum Gasteiger partial charge on any atom is -0.449 e. The van der Waals surface area contributed by atoms with E-state index >= 15 is 0 Å². The first-order valence-corrected chi connectivity index (χ1v) is 5.91. The zero-order chi connectivity index (χ0) is 15.1. The molecule has 0 saturated carbocycles. The molecule has 0 bridgehead atoms. The number of amides is 3. The second-order valence-corrected chi connectivity index (χ2v) is 3.97. The third-order valence-electron chi connectivity index (χ3n) is 2.49. The lowest BCUT2D eigenvalue weighted by molar-refractivity contribution is -0.127. The molecule has 108 valence electrons. The number of ether oxygens (including phenoxy) is 1. The molecule has 1 aromatic rings. The van der Waals surface area contributed by atoms with Crippen molar-refractivity contribution < 1.29 is 24.2 Å². The molecular formula is C13H16N2O5. The van der Waals surface area contributed by atoms with Crippen LogP contribution in [0.1, 0.15) is 22.8 Å². The fraction of sp³-hybridized carbons (Fsp3) is 0.308. The van der Waals surface area contributed by atoms with E-state index in [1.165, 1.54) is 26.1 Å². The smallest absolute Gasteiger partial charge is 0.338 e. The molecule has 1 atom stereocenters. The molecule has 0 radical (unpaired) electrons. The lowest BCUT2D eigenvalue weighted by Gasteiger charge is -2.12. The van der Waals surface area contributed by atoms with Crippen molar-refractivity contribution in [1.29, 1.82) is 0 Å². The minimum atomic E-state index is -1.10. The van der Waals surface area contributed by atoms with Gasteiger partial charge in [0.1, 0.15) is 0 Å². The summed E-state index contributed by atoms with van der Waals surface area (Å²) < 4.78 is 4.92. The van der Waals surface area contributed by atoms with Crippen LogP contribution in [0.25, 0.3) is 0 Å². The average molecular weight is 280 g/mol. The van der Waals surface area contributed by atoms with Crippen LogP contribution in [-0.2, 0) is 16.1 Å². The zero-order valence-electron chi connectivity index (χ0n) is 11.2. The van der Waals surface area contributed by atoms with Gasteiger partial charge in [-0.1, -0.05) is 12.1 Å². The maximum absolute atomic E-state index is 11.7. The number of imide groups is 1. The van der Waals surface area contributed by atoms with Crippen LogP contribution in [0, 0.1) is 0 Å². The van der Waals surface area contributed by atoms with Gasteiger partial charge in [-0.15, -0.1) is 0 Å². The van der Waals surface area contributed by atoms with Gasteiger partial charge in [0.25, 0.3) is 5.91 Å². The number of aliphatic hydroxyl groups excluding tert-OH is 1. The van der Waals surface area contributed by atoms with Crippen LogP contribution in [0.15, 0.2) is 24.3 Å². The molecule has 0 fully saturated rings. The van der Waals surface area contributed by atoms with Gasteiger partial charge in [-0.3, -0.25) is 10.1 Å². The van der Waals surface area contributed by atoms with Crippen LogP contribution < -0.4 is 10.6 Å². The Hall–Kier alpha value is -2.41. The van der Waals surface area contributed by atoms with Gasteiger partial charge in [-0.2, -0.15) is 0 Å². The monoisotopic (exact) mass is 280 g/mol. The van der Waals surface area contributed by atoms with Gasteiger partial charge in [0.15, 0.2) is 6.10 Å². The summed E-state index contributed by atoms with van der Waals surface area (Å²) in [4.78, 5) is 34.2. The van der Waals surface area contributed by atoms with Crippen molar-refractivity contribution in [2.45, 2.75) is 19.6 Å². The number of carbonyl (C=O) groups excluding carboxylic acids is 3. The van der Waals surface area contributed by atoms with E-state index in [4.69, 9.17) is 9.84 Å². The molecule has 0 aliphatic heterocycles. The van der Waals surface area contributed by atoms with Crippen LogP contribution in [0.2, 0.25) is 0 Å². The molecule has 20 heavy (non-hydrogen) atoms. The van der Waals surface area contributed by atoms with Crippen molar-refractivity contribution in [3.8, 4) is 0 Å². The van der Waals surface area contributed by atoms with Crippen molar-refractivity contribution >= 4 is 17.9 Å². The molecule has 1 aromatic carbocycles. The van der Waals surface area contributed by atoms with Gasteiger partial charge in [-0.05, 0) is 24.6 Å². The van der Waals surface area contributed by atoms with E-state index < -0.39 is 24.0 Å². The van der Waals surface area contributed by atoms with Crippen LogP contribution >= 0.6 is 0 Å². The number of urea groups is 1. The van der Waals surface area contributed by atoms with Gasteiger partial charge in [0, 0.05) is 7.05 Å².